The minimum Gasteiger partial charge on any atom is -0.406 e. The first kappa shape index (κ1) is 23.1. The van der Waals surface area contributed by atoms with Crippen LogP contribution < -0.4 is 20.7 Å². The fraction of sp³-hybridized carbons (Fsp3) is 0.318. The third kappa shape index (κ3) is 5.31. The summed E-state index contributed by atoms with van der Waals surface area (Å²) in [7, 11) is -3.43. The number of rotatable bonds is 6. The smallest absolute Gasteiger partial charge is 0.406 e. The Hall–Kier alpha value is -3.05. The van der Waals surface area contributed by atoms with Crippen LogP contribution in [0.2, 0.25) is 0 Å². The minimum atomic E-state index is -4.81. The SMILES string of the molecule is NCCCNc1cc(N2CCS(=O)(=O)c3ccccc3C2)nc2ccc(OC(F)(F)F)cc12. The summed E-state index contributed by atoms with van der Waals surface area (Å²) in [5.41, 5.74) is 7.26. The first-order valence-electron chi connectivity index (χ1n) is 10.4. The van der Waals surface area contributed by atoms with E-state index in [9.17, 15) is 21.6 Å². The monoisotopic (exact) mass is 480 g/mol. The van der Waals surface area contributed by atoms with Gasteiger partial charge < -0.3 is 20.7 Å². The summed E-state index contributed by atoms with van der Waals surface area (Å²) in [6, 6.07) is 12.5. The van der Waals surface area contributed by atoms with Crippen LogP contribution in [0.15, 0.2) is 53.4 Å². The van der Waals surface area contributed by atoms with Gasteiger partial charge in [-0.1, -0.05) is 18.2 Å². The van der Waals surface area contributed by atoms with Gasteiger partial charge in [0.1, 0.15) is 11.6 Å². The summed E-state index contributed by atoms with van der Waals surface area (Å²) in [5, 5.41) is 3.67. The quantitative estimate of drug-likeness (QED) is 0.520. The van der Waals surface area contributed by atoms with Crippen molar-refractivity contribution < 1.29 is 26.3 Å². The number of hydrogen-bond donors (Lipinski definition) is 2. The van der Waals surface area contributed by atoms with Crippen molar-refractivity contribution in [3.63, 3.8) is 0 Å². The van der Waals surface area contributed by atoms with Crippen molar-refractivity contribution in [2.45, 2.75) is 24.2 Å². The lowest BCUT2D eigenvalue weighted by Crippen LogP contribution is -2.26. The van der Waals surface area contributed by atoms with E-state index in [1.54, 1.807) is 30.3 Å². The van der Waals surface area contributed by atoms with E-state index in [-0.39, 0.29) is 18.0 Å². The van der Waals surface area contributed by atoms with Gasteiger partial charge in [0.05, 0.1) is 16.2 Å². The van der Waals surface area contributed by atoms with Crippen molar-refractivity contribution in [1.82, 2.24) is 4.98 Å². The number of aromatic nitrogens is 1. The molecule has 1 aliphatic heterocycles. The Morgan fingerprint density at radius 3 is 2.70 bits per heavy atom. The normalized spacial score (nSPS) is 15.7. The molecule has 2 aromatic carbocycles. The van der Waals surface area contributed by atoms with Gasteiger partial charge in [0.2, 0.25) is 0 Å². The Bertz CT molecular complexity index is 1270. The van der Waals surface area contributed by atoms with E-state index >= 15 is 0 Å². The van der Waals surface area contributed by atoms with Gasteiger partial charge in [0, 0.05) is 36.8 Å². The molecule has 1 aliphatic rings. The van der Waals surface area contributed by atoms with Crippen molar-refractivity contribution in [3.05, 3.63) is 54.1 Å². The molecular weight excluding hydrogens is 457 g/mol. The first-order valence-corrected chi connectivity index (χ1v) is 12.0. The molecule has 33 heavy (non-hydrogen) atoms. The van der Waals surface area contributed by atoms with Crippen molar-refractivity contribution in [1.29, 1.82) is 0 Å². The van der Waals surface area contributed by atoms with Crippen LogP contribution in [-0.2, 0) is 16.4 Å². The highest BCUT2D eigenvalue weighted by molar-refractivity contribution is 7.91. The molecule has 0 atom stereocenters. The third-order valence-electron chi connectivity index (χ3n) is 5.32. The van der Waals surface area contributed by atoms with Crippen molar-refractivity contribution in [2.75, 3.05) is 35.6 Å². The molecule has 2 heterocycles. The molecule has 0 unspecified atom stereocenters. The summed E-state index contributed by atoms with van der Waals surface area (Å²) in [4.78, 5) is 6.78. The molecule has 11 heteroatoms. The second-order valence-corrected chi connectivity index (χ2v) is 9.75. The Labute approximate surface area is 189 Å². The molecule has 0 spiro atoms. The highest BCUT2D eigenvalue weighted by Gasteiger charge is 2.31. The number of halogens is 3. The lowest BCUT2D eigenvalue weighted by atomic mass is 10.1. The Morgan fingerprint density at radius 1 is 1.15 bits per heavy atom. The first-order chi connectivity index (χ1) is 15.7. The molecule has 4 rings (SSSR count). The molecule has 0 bridgehead atoms. The highest BCUT2D eigenvalue weighted by Crippen LogP contribution is 2.34. The summed E-state index contributed by atoms with van der Waals surface area (Å²) < 4.78 is 67.5. The van der Waals surface area contributed by atoms with Crippen LogP contribution in [0.1, 0.15) is 12.0 Å². The molecule has 7 nitrogen and oxygen atoms in total. The largest absolute Gasteiger partial charge is 0.573 e. The lowest BCUT2D eigenvalue weighted by molar-refractivity contribution is -0.274. The summed E-state index contributed by atoms with van der Waals surface area (Å²) in [5.74, 6) is 0.105. The van der Waals surface area contributed by atoms with Crippen LogP contribution in [-0.4, -0.2) is 45.2 Å². The number of nitrogens with zero attached hydrogens (tertiary/aromatic N) is 2. The van der Waals surface area contributed by atoms with Gasteiger partial charge in [-0.15, -0.1) is 13.2 Å². The van der Waals surface area contributed by atoms with Crippen LogP contribution in [0.25, 0.3) is 10.9 Å². The van der Waals surface area contributed by atoms with Crippen molar-refractivity contribution >= 4 is 32.2 Å². The molecule has 0 aliphatic carbocycles. The van der Waals surface area contributed by atoms with E-state index in [1.807, 2.05) is 4.90 Å². The molecule has 0 saturated heterocycles. The van der Waals surface area contributed by atoms with Gasteiger partial charge in [-0.3, -0.25) is 0 Å². The Morgan fingerprint density at radius 2 is 1.94 bits per heavy atom. The zero-order chi connectivity index (χ0) is 23.6. The summed E-state index contributed by atoms with van der Waals surface area (Å²) in [6.07, 6.45) is -4.15. The highest BCUT2D eigenvalue weighted by atomic mass is 32.2. The number of benzene rings is 2. The van der Waals surface area contributed by atoms with E-state index in [4.69, 9.17) is 5.73 Å². The third-order valence-corrected chi connectivity index (χ3v) is 7.11. The number of hydrogen-bond acceptors (Lipinski definition) is 7. The zero-order valence-electron chi connectivity index (χ0n) is 17.6. The van der Waals surface area contributed by atoms with Crippen LogP contribution >= 0.6 is 0 Å². The van der Waals surface area contributed by atoms with Gasteiger partial charge in [0.15, 0.2) is 9.84 Å². The number of nitrogens with two attached hydrogens (primary N) is 1. The van der Waals surface area contributed by atoms with E-state index < -0.39 is 16.2 Å². The number of pyridine rings is 1. The van der Waals surface area contributed by atoms with Gasteiger partial charge in [-0.25, -0.2) is 13.4 Å². The average molecular weight is 481 g/mol. The van der Waals surface area contributed by atoms with Gasteiger partial charge in [-0.2, -0.15) is 0 Å². The molecule has 3 N–H and O–H groups in total. The lowest BCUT2D eigenvalue weighted by Gasteiger charge is -2.23. The fourth-order valence-corrected chi connectivity index (χ4v) is 5.28. The van der Waals surface area contributed by atoms with Crippen molar-refractivity contribution in [2.24, 2.45) is 5.73 Å². The number of alkyl halides is 3. The standard InChI is InChI=1S/C22H23F3N4O3S/c23-22(24,25)32-16-6-7-18-17(12-16)19(27-9-3-8-26)13-21(28-18)29-10-11-33(30,31)20-5-2-1-4-15(20)14-29/h1-2,4-7,12-13H,3,8-11,14,26H2,(H,27,28). The summed E-state index contributed by atoms with van der Waals surface area (Å²) >= 11 is 0. The van der Waals surface area contributed by atoms with E-state index in [0.717, 1.165) is 0 Å². The molecule has 176 valence electrons. The van der Waals surface area contributed by atoms with Crippen LogP contribution in [0, 0.1) is 0 Å². The number of anilines is 2. The predicted octanol–water partition coefficient (Wildman–Crippen LogP) is 3.69. The second-order valence-electron chi connectivity index (χ2n) is 7.67. The maximum Gasteiger partial charge on any atom is 0.573 e. The topological polar surface area (TPSA) is 97.6 Å². The maximum absolute atomic E-state index is 12.7. The molecule has 0 amide bonds. The number of sulfone groups is 1. The number of ether oxygens (including phenoxy) is 1. The molecule has 1 aromatic heterocycles. The van der Waals surface area contributed by atoms with Gasteiger partial charge in [0.25, 0.3) is 0 Å². The summed E-state index contributed by atoms with van der Waals surface area (Å²) in [6.45, 7) is 1.53. The maximum atomic E-state index is 12.7. The van der Waals surface area contributed by atoms with Crippen LogP contribution in [0.5, 0.6) is 5.75 Å². The van der Waals surface area contributed by atoms with Gasteiger partial charge in [-0.05, 0) is 42.8 Å². The minimum absolute atomic E-state index is 0.0714. The van der Waals surface area contributed by atoms with Gasteiger partial charge >= 0.3 is 6.36 Å². The molecule has 0 saturated carbocycles. The number of fused-ring (bicyclic) bond motifs is 2. The molecule has 3 aromatic rings. The zero-order valence-corrected chi connectivity index (χ0v) is 18.4. The van der Waals surface area contributed by atoms with E-state index in [1.165, 1.54) is 18.2 Å². The Balaban J connectivity index is 1.75. The molecule has 0 fully saturated rings. The van der Waals surface area contributed by atoms with E-state index in [0.29, 0.717) is 58.9 Å². The fourth-order valence-electron chi connectivity index (χ4n) is 3.78. The molecular formula is C22H23F3N4O3S. The van der Waals surface area contributed by atoms with E-state index in [2.05, 4.69) is 15.0 Å². The van der Waals surface area contributed by atoms with Crippen LogP contribution in [0.4, 0.5) is 24.7 Å². The second kappa shape index (κ2) is 9.06. The molecule has 0 radical (unpaired) electrons. The van der Waals surface area contributed by atoms with Crippen molar-refractivity contribution in [3.8, 4) is 5.75 Å². The van der Waals surface area contributed by atoms with Crippen LogP contribution in [0.3, 0.4) is 0 Å². The predicted molar refractivity (Wildman–Crippen MR) is 120 cm³/mol. The average Bonchev–Trinajstić information content (AvgIpc) is 2.89. The number of nitrogens with one attached hydrogen (secondary N) is 1. The Kier molecular flexibility index (Phi) is 6.35.